The van der Waals surface area contributed by atoms with Crippen LogP contribution in [0, 0.1) is 11.3 Å². The van der Waals surface area contributed by atoms with Gasteiger partial charge in [0.15, 0.2) is 0 Å². The quantitative estimate of drug-likeness (QED) is 0.872. The summed E-state index contributed by atoms with van der Waals surface area (Å²) in [6, 6.07) is 6.50. The van der Waals surface area contributed by atoms with Crippen molar-refractivity contribution in [3.8, 4) is 6.07 Å². The van der Waals surface area contributed by atoms with Gasteiger partial charge in [-0.05, 0) is 24.6 Å². The van der Waals surface area contributed by atoms with Crippen molar-refractivity contribution in [2.24, 2.45) is 0 Å². The molecule has 2 aliphatic rings. The Hall–Kier alpha value is -1.17. The summed E-state index contributed by atoms with van der Waals surface area (Å²) in [5, 5.41) is 12.6. The van der Waals surface area contributed by atoms with Crippen LogP contribution in [0.1, 0.15) is 12.0 Å². The van der Waals surface area contributed by atoms with Crippen LogP contribution in [0.2, 0.25) is 5.02 Å². The summed E-state index contributed by atoms with van der Waals surface area (Å²) >= 11 is 5.89. The molecule has 0 spiro atoms. The number of hydrogen-bond acceptors (Lipinski definition) is 5. The second-order valence-corrected chi connectivity index (χ2v) is 8.19. The summed E-state index contributed by atoms with van der Waals surface area (Å²) < 4.78 is 27.1. The van der Waals surface area contributed by atoms with E-state index in [1.54, 1.807) is 0 Å². The molecular weight excluding hydrogens is 336 g/mol. The van der Waals surface area contributed by atoms with Crippen LogP contribution in [0.15, 0.2) is 23.1 Å². The predicted molar refractivity (Wildman–Crippen MR) is 87.8 cm³/mol. The molecule has 1 aromatic carbocycles. The number of hydrogen-bond donors (Lipinski definition) is 1. The van der Waals surface area contributed by atoms with Gasteiger partial charge >= 0.3 is 0 Å². The van der Waals surface area contributed by atoms with Crippen LogP contribution in [-0.4, -0.2) is 62.9 Å². The minimum atomic E-state index is -3.58. The molecule has 1 aromatic rings. The first-order valence-corrected chi connectivity index (χ1v) is 9.49. The van der Waals surface area contributed by atoms with Crippen molar-refractivity contribution in [1.82, 2.24) is 14.5 Å². The van der Waals surface area contributed by atoms with Gasteiger partial charge in [-0.1, -0.05) is 11.6 Å². The molecule has 0 aliphatic carbocycles. The first kappa shape index (κ1) is 16.7. The topological polar surface area (TPSA) is 76.4 Å². The summed E-state index contributed by atoms with van der Waals surface area (Å²) in [4.78, 5) is 2.49. The van der Waals surface area contributed by atoms with Crippen LogP contribution >= 0.6 is 11.6 Å². The van der Waals surface area contributed by atoms with Crippen LogP contribution in [0.25, 0.3) is 0 Å². The van der Waals surface area contributed by atoms with E-state index < -0.39 is 10.0 Å². The third-order valence-corrected chi connectivity index (χ3v) is 6.68. The van der Waals surface area contributed by atoms with Crippen molar-refractivity contribution in [2.75, 3.05) is 39.3 Å². The second-order valence-electron chi connectivity index (χ2n) is 5.84. The monoisotopic (exact) mass is 354 g/mol. The van der Waals surface area contributed by atoms with Gasteiger partial charge in [0.2, 0.25) is 10.0 Å². The average molecular weight is 355 g/mol. The molecule has 0 aromatic heterocycles. The molecule has 2 aliphatic heterocycles. The van der Waals surface area contributed by atoms with Gasteiger partial charge in [-0.15, -0.1) is 0 Å². The molecule has 0 saturated carbocycles. The van der Waals surface area contributed by atoms with Crippen molar-refractivity contribution in [3.05, 3.63) is 28.8 Å². The van der Waals surface area contributed by atoms with E-state index in [4.69, 9.17) is 16.9 Å². The molecule has 2 heterocycles. The van der Waals surface area contributed by atoms with E-state index in [0.29, 0.717) is 13.1 Å². The molecule has 2 fully saturated rings. The molecular formula is C15H19ClN4O2S. The third-order valence-electron chi connectivity index (χ3n) is 4.49. The van der Waals surface area contributed by atoms with Crippen molar-refractivity contribution < 1.29 is 8.42 Å². The summed E-state index contributed by atoms with van der Waals surface area (Å²) in [5.74, 6) is 0. The Morgan fingerprint density at radius 2 is 2.00 bits per heavy atom. The third kappa shape index (κ3) is 3.37. The fraction of sp³-hybridized carbons (Fsp3) is 0.533. The van der Waals surface area contributed by atoms with Gasteiger partial charge in [0.05, 0.1) is 15.5 Å². The number of benzene rings is 1. The fourth-order valence-corrected chi connectivity index (χ4v) is 4.85. The highest BCUT2D eigenvalue weighted by atomic mass is 35.5. The van der Waals surface area contributed by atoms with E-state index >= 15 is 0 Å². The number of nitrogens with zero attached hydrogens (tertiary/aromatic N) is 3. The lowest BCUT2D eigenvalue weighted by Crippen LogP contribution is -2.49. The maximum atomic E-state index is 12.8. The SMILES string of the molecule is N#Cc1cc(S(=O)(=O)N2CCC(N3CCNCC3)C2)ccc1Cl. The molecule has 1 N–H and O–H groups in total. The van der Waals surface area contributed by atoms with Crippen molar-refractivity contribution in [2.45, 2.75) is 17.4 Å². The first-order chi connectivity index (χ1) is 11.0. The number of sulfonamides is 1. The van der Waals surface area contributed by atoms with Gasteiger partial charge in [0.25, 0.3) is 0 Å². The molecule has 0 amide bonds. The molecule has 2 saturated heterocycles. The average Bonchev–Trinajstić information content (AvgIpc) is 3.07. The molecule has 124 valence electrons. The highest BCUT2D eigenvalue weighted by molar-refractivity contribution is 7.89. The van der Waals surface area contributed by atoms with E-state index in [0.717, 1.165) is 32.6 Å². The van der Waals surface area contributed by atoms with Crippen molar-refractivity contribution in [1.29, 1.82) is 5.26 Å². The lowest BCUT2D eigenvalue weighted by atomic mass is 10.2. The zero-order chi connectivity index (χ0) is 16.4. The number of piperazine rings is 1. The lowest BCUT2D eigenvalue weighted by molar-refractivity contribution is 0.179. The maximum absolute atomic E-state index is 12.8. The van der Waals surface area contributed by atoms with Gasteiger partial charge < -0.3 is 5.32 Å². The van der Waals surface area contributed by atoms with E-state index in [1.165, 1.54) is 22.5 Å². The zero-order valence-corrected chi connectivity index (χ0v) is 14.3. The van der Waals surface area contributed by atoms with E-state index in [9.17, 15) is 8.42 Å². The summed E-state index contributed by atoms with van der Waals surface area (Å²) in [5.41, 5.74) is 0.186. The Bertz CT molecular complexity index is 725. The smallest absolute Gasteiger partial charge is 0.243 e. The Balaban J connectivity index is 1.77. The predicted octanol–water partition coefficient (Wildman–Crippen LogP) is 0.880. The Labute approximate surface area is 141 Å². The minimum Gasteiger partial charge on any atom is -0.314 e. The first-order valence-electron chi connectivity index (χ1n) is 7.67. The maximum Gasteiger partial charge on any atom is 0.243 e. The van der Waals surface area contributed by atoms with Gasteiger partial charge in [-0.25, -0.2) is 8.42 Å². The Kier molecular flexibility index (Phi) is 4.90. The van der Waals surface area contributed by atoms with Gasteiger partial charge in [-0.2, -0.15) is 9.57 Å². The molecule has 8 heteroatoms. The van der Waals surface area contributed by atoms with Gasteiger partial charge in [0.1, 0.15) is 6.07 Å². The van der Waals surface area contributed by atoms with Crippen LogP contribution in [0.5, 0.6) is 0 Å². The van der Waals surface area contributed by atoms with E-state index in [-0.39, 0.29) is 21.5 Å². The van der Waals surface area contributed by atoms with Crippen LogP contribution in [0.3, 0.4) is 0 Å². The molecule has 1 atom stereocenters. The van der Waals surface area contributed by atoms with Gasteiger partial charge in [0, 0.05) is 45.3 Å². The van der Waals surface area contributed by atoms with Crippen molar-refractivity contribution >= 4 is 21.6 Å². The van der Waals surface area contributed by atoms with Gasteiger partial charge in [-0.3, -0.25) is 4.90 Å². The summed E-state index contributed by atoms with van der Waals surface area (Å²) in [7, 11) is -3.58. The highest BCUT2D eigenvalue weighted by Crippen LogP contribution is 2.26. The molecule has 3 rings (SSSR count). The Morgan fingerprint density at radius 1 is 1.26 bits per heavy atom. The number of nitrogens with one attached hydrogen (secondary N) is 1. The summed E-state index contributed by atoms with van der Waals surface area (Å²) in [6.07, 6.45) is 0.845. The lowest BCUT2D eigenvalue weighted by Gasteiger charge is -2.32. The number of rotatable bonds is 3. The van der Waals surface area contributed by atoms with Crippen LogP contribution < -0.4 is 5.32 Å². The normalized spacial score (nSPS) is 23.7. The van der Waals surface area contributed by atoms with E-state index in [2.05, 4.69) is 10.2 Å². The van der Waals surface area contributed by atoms with Crippen LogP contribution in [0.4, 0.5) is 0 Å². The fourth-order valence-electron chi connectivity index (χ4n) is 3.17. The van der Waals surface area contributed by atoms with E-state index in [1.807, 2.05) is 6.07 Å². The van der Waals surface area contributed by atoms with Crippen molar-refractivity contribution in [3.63, 3.8) is 0 Å². The number of nitriles is 1. The molecule has 23 heavy (non-hydrogen) atoms. The molecule has 6 nitrogen and oxygen atoms in total. The second kappa shape index (κ2) is 6.75. The largest absolute Gasteiger partial charge is 0.314 e. The Morgan fingerprint density at radius 3 is 2.70 bits per heavy atom. The highest BCUT2D eigenvalue weighted by Gasteiger charge is 2.35. The molecule has 1 unspecified atom stereocenters. The molecule has 0 bridgehead atoms. The minimum absolute atomic E-state index is 0.138. The molecule has 0 radical (unpaired) electrons. The van der Waals surface area contributed by atoms with Crippen LogP contribution in [-0.2, 0) is 10.0 Å². The summed E-state index contributed by atoms with van der Waals surface area (Å²) in [6.45, 7) is 4.84. The number of halogens is 1. The zero-order valence-electron chi connectivity index (χ0n) is 12.7. The standard InChI is InChI=1S/C15H19ClN4O2S/c16-15-2-1-14(9-12(15)10-17)23(21,22)20-6-3-13(11-20)19-7-4-18-5-8-19/h1-2,9,13,18H,3-8,11H2.